The van der Waals surface area contributed by atoms with Gasteiger partial charge in [0.2, 0.25) is 0 Å². The van der Waals surface area contributed by atoms with Gasteiger partial charge in [-0.2, -0.15) is 0 Å². The van der Waals surface area contributed by atoms with Gasteiger partial charge in [-0.05, 0) is 44.2 Å². The molecule has 1 heterocycles. The average molecular weight is 278 g/mol. The van der Waals surface area contributed by atoms with E-state index < -0.39 is 0 Å². The van der Waals surface area contributed by atoms with Crippen molar-refractivity contribution in [2.75, 3.05) is 13.1 Å². The number of fused-ring (bicyclic) bond motifs is 1. The van der Waals surface area contributed by atoms with Crippen LogP contribution in [0.2, 0.25) is 5.02 Å². The Morgan fingerprint density at radius 2 is 2.21 bits per heavy atom. The zero-order chi connectivity index (χ0) is 13.8. The second kappa shape index (κ2) is 5.99. The van der Waals surface area contributed by atoms with Crippen molar-refractivity contribution in [3.63, 3.8) is 0 Å². The molecule has 0 fully saturated rings. The number of nitrogens with zero attached hydrogens (tertiary/aromatic N) is 1. The van der Waals surface area contributed by atoms with Crippen LogP contribution in [-0.2, 0) is 0 Å². The molecule has 0 radical (unpaired) electrons. The largest absolute Gasteiger partial charge is 0.352 e. The third-order valence-corrected chi connectivity index (χ3v) is 3.04. The molecule has 0 bridgehead atoms. The molecular formula is C14H16ClN3O. The van der Waals surface area contributed by atoms with Gasteiger partial charge in [-0.3, -0.25) is 9.78 Å². The molecule has 3 N–H and O–H groups in total. The van der Waals surface area contributed by atoms with E-state index in [1.807, 2.05) is 13.0 Å². The van der Waals surface area contributed by atoms with E-state index >= 15 is 0 Å². The number of rotatable bonds is 4. The summed E-state index contributed by atoms with van der Waals surface area (Å²) in [5, 5.41) is 4.21. The Balaban J connectivity index is 2.40. The van der Waals surface area contributed by atoms with Gasteiger partial charge in [0.15, 0.2) is 0 Å². The van der Waals surface area contributed by atoms with Crippen LogP contribution in [0.15, 0.2) is 24.3 Å². The van der Waals surface area contributed by atoms with Crippen LogP contribution in [0.5, 0.6) is 0 Å². The van der Waals surface area contributed by atoms with Gasteiger partial charge in [-0.15, -0.1) is 0 Å². The van der Waals surface area contributed by atoms with Crippen molar-refractivity contribution >= 4 is 28.4 Å². The Morgan fingerprint density at radius 1 is 1.42 bits per heavy atom. The van der Waals surface area contributed by atoms with Crippen molar-refractivity contribution < 1.29 is 4.79 Å². The highest BCUT2D eigenvalue weighted by molar-refractivity contribution is 6.31. The van der Waals surface area contributed by atoms with Gasteiger partial charge in [0, 0.05) is 22.6 Å². The number of benzene rings is 1. The van der Waals surface area contributed by atoms with Crippen molar-refractivity contribution in [1.82, 2.24) is 10.3 Å². The average Bonchev–Trinajstić information content (AvgIpc) is 2.38. The van der Waals surface area contributed by atoms with Crippen molar-refractivity contribution in [1.29, 1.82) is 0 Å². The molecule has 2 rings (SSSR count). The minimum Gasteiger partial charge on any atom is -0.352 e. The maximum absolute atomic E-state index is 12.2. The Labute approximate surface area is 117 Å². The Kier molecular flexibility index (Phi) is 4.35. The summed E-state index contributed by atoms with van der Waals surface area (Å²) in [4.78, 5) is 16.6. The molecule has 0 aliphatic heterocycles. The van der Waals surface area contributed by atoms with E-state index in [0.29, 0.717) is 23.7 Å². The highest BCUT2D eigenvalue weighted by atomic mass is 35.5. The van der Waals surface area contributed by atoms with Gasteiger partial charge in [0.1, 0.15) is 0 Å². The van der Waals surface area contributed by atoms with Crippen LogP contribution in [0.4, 0.5) is 0 Å². The van der Waals surface area contributed by atoms with Crippen LogP contribution in [0.25, 0.3) is 10.9 Å². The first-order valence-electron chi connectivity index (χ1n) is 6.17. The molecule has 100 valence electrons. The van der Waals surface area contributed by atoms with Gasteiger partial charge in [0.25, 0.3) is 5.91 Å². The summed E-state index contributed by atoms with van der Waals surface area (Å²) in [5.74, 6) is -0.119. The second-order valence-corrected chi connectivity index (χ2v) is 4.81. The third-order valence-electron chi connectivity index (χ3n) is 2.81. The maximum atomic E-state index is 12.2. The number of aryl methyl sites for hydroxylation is 1. The maximum Gasteiger partial charge on any atom is 0.252 e. The topological polar surface area (TPSA) is 68.0 Å². The summed E-state index contributed by atoms with van der Waals surface area (Å²) in [6.07, 6.45) is 0.758. The third kappa shape index (κ3) is 3.22. The first kappa shape index (κ1) is 13.8. The molecule has 0 aliphatic rings. The number of carbonyl (C=O) groups excluding carboxylic acids is 1. The summed E-state index contributed by atoms with van der Waals surface area (Å²) in [6.45, 7) is 2.99. The van der Waals surface area contributed by atoms with E-state index in [9.17, 15) is 4.79 Å². The minimum atomic E-state index is -0.119. The number of pyridine rings is 1. The number of nitrogens with two attached hydrogens (primary N) is 1. The lowest BCUT2D eigenvalue weighted by atomic mass is 10.1. The molecule has 0 saturated carbocycles. The standard InChI is InChI=1S/C14H16ClN3O/c1-9-7-12(14(19)17-6-2-5-16)11-8-10(15)3-4-13(11)18-9/h3-4,7-8H,2,5-6,16H2,1H3,(H,17,19). The molecule has 0 saturated heterocycles. The molecule has 0 unspecified atom stereocenters. The number of carbonyl (C=O) groups is 1. The molecular weight excluding hydrogens is 262 g/mol. The quantitative estimate of drug-likeness (QED) is 0.843. The van der Waals surface area contributed by atoms with E-state index in [0.717, 1.165) is 23.0 Å². The predicted octanol–water partition coefficient (Wildman–Crippen LogP) is 2.28. The summed E-state index contributed by atoms with van der Waals surface area (Å²) < 4.78 is 0. The second-order valence-electron chi connectivity index (χ2n) is 4.37. The highest BCUT2D eigenvalue weighted by Gasteiger charge is 2.11. The van der Waals surface area contributed by atoms with Crippen molar-refractivity contribution in [3.8, 4) is 0 Å². The molecule has 1 amide bonds. The zero-order valence-electron chi connectivity index (χ0n) is 10.7. The van der Waals surface area contributed by atoms with E-state index in [2.05, 4.69) is 10.3 Å². The number of hydrogen-bond donors (Lipinski definition) is 2. The van der Waals surface area contributed by atoms with Gasteiger partial charge in [-0.1, -0.05) is 11.6 Å². The fourth-order valence-corrected chi connectivity index (χ4v) is 2.09. The summed E-state index contributed by atoms with van der Waals surface area (Å²) in [6, 6.07) is 7.13. The fraction of sp³-hybridized carbons (Fsp3) is 0.286. The van der Waals surface area contributed by atoms with E-state index in [-0.39, 0.29) is 5.91 Å². The molecule has 0 spiro atoms. The van der Waals surface area contributed by atoms with E-state index in [1.165, 1.54) is 0 Å². The number of nitrogens with one attached hydrogen (secondary N) is 1. The smallest absolute Gasteiger partial charge is 0.252 e. The first-order valence-corrected chi connectivity index (χ1v) is 6.55. The van der Waals surface area contributed by atoms with Gasteiger partial charge in [-0.25, -0.2) is 0 Å². The van der Waals surface area contributed by atoms with Crippen molar-refractivity contribution in [3.05, 3.63) is 40.5 Å². The summed E-state index contributed by atoms with van der Waals surface area (Å²) >= 11 is 5.99. The van der Waals surface area contributed by atoms with Crippen LogP contribution in [0.3, 0.4) is 0 Å². The molecule has 5 heteroatoms. The van der Waals surface area contributed by atoms with Crippen LogP contribution in [0.1, 0.15) is 22.5 Å². The summed E-state index contributed by atoms with van der Waals surface area (Å²) in [7, 11) is 0. The fourth-order valence-electron chi connectivity index (χ4n) is 1.92. The predicted molar refractivity (Wildman–Crippen MR) is 77.5 cm³/mol. The number of hydrogen-bond acceptors (Lipinski definition) is 3. The van der Waals surface area contributed by atoms with Crippen LogP contribution < -0.4 is 11.1 Å². The van der Waals surface area contributed by atoms with Gasteiger partial charge < -0.3 is 11.1 Å². The molecule has 4 nitrogen and oxygen atoms in total. The highest BCUT2D eigenvalue weighted by Crippen LogP contribution is 2.22. The SMILES string of the molecule is Cc1cc(C(=O)NCCCN)c2cc(Cl)ccc2n1. The normalized spacial score (nSPS) is 10.7. The lowest BCUT2D eigenvalue weighted by molar-refractivity contribution is 0.0955. The van der Waals surface area contributed by atoms with Crippen LogP contribution >= 0.6 is 11.6 Å². The van der Waals surface area contributed by atoms with Gasteiger partial charge in [0.05, 0.1) is 11.1 Å². The van der Waals surface area contributed by atoms with E-state index in [4.69, 9.17) is 17.3 Å². The Hall–Kier alpha value is -1.65. The Bertz CT molecular complexity index is 613. The molecule has 2 aromatic rings. The molecule has 1 aromatic carbocycles. The van der Waals surface area contributed by atoms with Crippen LogP contribution in [0, 0.1) is 6.92 Å². The number of aromatic nitrogens is 1. The van der Waals surface area contributed by atoms with Crippen molar-refractivity contribution in [2.24, 2.45) is 5.73 Å². The lowest BCUT2D eigenvalue weighted by Crippen LogP contribution is -2.26. The Morgan fingerprint density at radius 3 is 2.95 bits per heavy atom. The molecule has 19 heavy (non-hydrogen) atoms. The first-order chi connectivity index (χ1) is 9.11. The number of amides is 1. The molecule has 0 aliphatic carbocycles. The summed E-state index contributed by atoms with van der Waals surface area (Å²) in [5.41, 5.74) is 7.58. The zero-order valence-corrected chi connectivity index (χ0v) is 11.5. The molecule has 1 aromatic heterocycles. The molecule has 0 atom stereocenters. The van der Waals surface area contributed by atoms with Crippen molar-refractivity contribution in [2.45, 2.75) is 13.3 Å². The lowest BCUT2D eigenvalue weighted by Gasteiger charge is -2.09. The monoisotopic (exact) mass is 277 g/mol. The van der Waals surface area contributed by atoms with E-state index in [1.54, 1.807) is 18.2 Å². The minimum absolute atomic E-state index is 0.119. The van der Waals surface area contributed by atoms with Crippen LogP contribution in [-0.4, -0.2) is 24.0 Å². The van der Waals surface area contributed by atoms with Gasteiger partial charge >= 0.3 is 0 Å². The number of halogens is 1.